The van der Waals surface area contributed by atoms with Gasteiger partial charge in [0, 0.05) is 42.0 Å². The number of rotatable bonds is 8. The van der Waals surface area contributed by atoms with Crippen LogP contribution in [0.25, 0.3) is 10.9 Å². The molecule has 2 N–H and O–H groups in total. The molecule has 0 aliphatic carbocycles. The van der Waals surface area contributed by atoms with Crippen molar-refractivity contribution in [1.82, 2.24) is 10.3 Å². The number of fused-ring (bicyclic) bond motifs is 1. The number of para-hydroxylation sites is 1. The van der Waals surface area contributed by atoms with E-state index in [-0.39, 0.29) is 12.3 Å². The molecule has 29 heavy (non-hydrogen) atoms. The van der Waals surface area contributed by atoms with Gasteiger partial charge in [-0.15, -0.1) is 0 Å². The predicted molar refractivity (Wildman–Crippen MR) is 113 cm³/mol. The van der Waals surface area contributed by atoms with Crippen LogP contribution in [0.15, 0.2) is 42.6 Å². The first kappa shape index (κ1) is 21.0. The average Bonchev–Trinajstić information content (AvgIpc) is 3.10. The Labute approximate surface area is 170 Å². The van der Waals surface area contributed by atoms with Crippen molar-refractivity contribution >= 4 is 16.8 Å². The molecule has 3 rings (SSSR count). The van der Waals surface area contributed by atoms with Gasteiger partial charge in [-0.2, -0.15) is 0 Å². The zero-order valence-electron chi connectivity index (χ0n) is 17.2. The number of amides is 1. The third kappa shape index (κ3) is 4.84. The molecule has 0 bridgehead atoms. The van der Waals surface area contributed by atoms with Gasteiger partial charge in [0.2, 0.25) is 5.91 Å². The van der Waals surface area contributed by atoms with Crippen LogP contribution in [0.3, 0.4) is 0 Å². The quantitative estimate of drug-likeness (QED) is 0.503. The third-order valence-corrected chi connectivity index (χ3v) is 5.36. The number of aromatic amines is 1. The number of H-pyrrole nitrogens is 1. The Kier molecular flexibility index (Phi) is 6.68. The van der Waals surface area contributed by atoms with E-state index in [4.69, 9.17) is 0 Å². The van der Waals surface area contributed by atoms with Gasteiger partial charge in [0.05, 0.1) is 0 Å². The second-order valence-corrected chi connectivity index (χ2v) is 7.89. The molecule has 0 aliphatic rings. The topological polar surface area (TPSA) is 44.9 Å². The Balaban J connectivity index is 1.98. The van der Waals surface area contributed by atoms with Gasteiger partial charge < -0.3 is 10.3 Å². The van der Waals surface area contributed by atoms with E-state index in [0.29, 0.717) is 18.0 Å². The highest BCUT2D eigenvalue weighted by molar-refractivity contribution is 5.88. The monoisotopic (exact) mass is 398 g/mol. The van der Waals surface area contributed by atoms with Crippen LogP contribution in [0.4, 0.5) is 8.78 Å². The lowest BCUT2D eigenvalue weighted by molar-refractivity contribution is -0.121. The number of carbonyl (C=O) groups excluding carboxylic acids is 1. The molecule has 0 saturated carbocycles. The van der Waals surface area contributed by atoms with Gasteiger partial charge in [0.15, 0.2) is 0 Å². The van der Waals surface area contributed by atoms with E-state index < -0.39 is 17.6 Å². The Bertz CT molecular complexity index is 994. The largest absolute Gasteiger partial charge is 0.361 e. The highest BCUT2D eigenvalue weighted by Crippen LogP contribution is 2.35. The van der Waals surface area contributed by atoms with Crippen LogP contribution in [-0.4, -0.2) is 17.4 Å². The van der Waals surface area contributed by atoms with E-state index in [0.717, 1.165) is 40.9 Å². The zero-order chi connectivity index (χ0) is 21.0. The van der Waals surface area contributed by atoms with Gasteiger partial charge in [-0.25, -0.2) is 8.78 Å². The first-order chi connectivity index (χ1) is 13.9. The van der Waals surface area contributed by atoms with Crippen molar-refractivity contribution in [2.75, 3.05) is 6.54 Å². The number of carbonyl (C=O) groups is 1. The van der Waals surface area contributed by atoms with Crippen LogP contribution in [0.2, 0.25) is 0 Å². The van der Waals surface area contributed by atoms with E-state index in [2.05, 4.69) is 37.1 Å². The summed E-state index contributed by atoms with van der Waals surface area (Å²) >= 11 is 0. The zero-order valence-corrected chi connectivity index (χ0v) is 17.2. The summed E-state index contributed by atoms with van der Waals surface area (Å²) in [6.07, 6.45) is 3.69. The molecule has 3 aromatic rings. The van der Waals surface area contributed by atoms with E-state index in [1.165, 1.54) is 12.1 Å². The van der Waals surface area contributed by atoms with Gasteiger partial charge in [-0.05, 0) is 41.5 Å². The van der Waals surface area contributed by atoms with Crippen LogP contribution >= 0.6 is 0 Å². The molecule has 0 aliphatic heterocycles. The highest BCUT2D eigenvalue weighted by Gasteiger charge is 2.24. The van der Waals surface area contributed by atoms with E-state index in [1.807, 2.05) is 18.3 Å². The number of nitrogens with one attached hydrogen (secondary N) is 2. The van der Waals surface area contributed by atoms with Gasteiger partial charge in [-0.3, -0.25) is 4.79 Å². The third-order valence-electron chi connectivity index (χ3n) is 5.36. The van der Waals surface area contributed by atoms with Gasteiger partial charge in [0.25, 0.3) is 0 Å². The van der Waals surface area contributed by atoms with Crippen LogP contribution in [-0.2, 0) is 11.2 Å². The van der Waals surface area contributed by atoms with Crippen molar-refractivity contribution < 1.29 is 13.6 Å². The summed E-state index contributed by atoms with van der Waals surface area (Å²) < 4.78 is 28.1. The molecule has 154 valence electrons. The van der Waals surface area contributed by atoms with Gasteiger partial charge in [0.1, 0.15) is 11.6 Å². The smallest absolute Gasteiger partial charge is 0.220 e. The Morgan fingerprint density at radius 2 is 1.93 bits per heavy atom. The fourth-order valence-corrected chi connectivity index (χ4v) is 3.75. The van der Waals surface area contributed by atoms with Crippen molar-refractivity contribution in [3.05, 3.63) is 70.9 Å². The number of hydrogen-bond acceptors (Lipinski definition) is 1. The molecular weight excluding hydrogens is 370 g/mol. The molecule has 1 amide bonds. The van der Waals surface area contributed by atoms with Crippen LogP contribution in [0.5, 0.6) is 0 Å². The Morgan fingerprint density at radius 3 is 2.62 bits per heavy atom. The summed E-state index contributed by atoms with van der Waals surface area (Å²) in [5.41, 5.74) is 3.33. The molecule has 1 heterocycles. The van der Waals surface area contributed by atoms with Crippen molar-refractivity contribution in [2.45, 2.75) is 46.0 Å². The van der Waals surface area contributed by atoms with Crippen molar-refractivity contribution in [2.24, 2.45) is 5.92 Å². The summed E-state index contributed by atoms with van der Waals surface area (Å²) in [7, 11) is 0. The highest BCUT2D eigenvalue weighted by atomic mass is 19.1. The summed E-state index contributed by atoms with van der Waals surface area (Å²) in [5.74, 6) is -1.41. The van der Waals surface area contributed by atoms with Gasteiger partial charge in [-0.1, -0.05) is 45.0 Å². The van der Waals surface area contributed by atoms with E-state index in [9.17, 15) is 13.6 Å². The molecular formula is C24H28F2N2O. The fourth-order valence-electron chi connectivity index (χ4n) is 3.75. The molecule has 1 atom stereocenters. The molecule has 3 nitrogen and oxygen atoms in total. The van der Waals surface area contributed by atoms with Crippen LogP contribution < -0.4 is 5.32 Å². The normalized spacial score (nSPS) is 12.5. The number of halogens is 2. The van der Waals surface area contributed by atoms with Crippen LogP contribution in [0, 0.1) is 17.6 Å². The number of hydrogen-bond donors (Lipinski definition) is 2. The summed E-state index contributed by atoms with van der Waals surface area (Å²) in [6, 6.07) is 9.57. The standard InChI is InChI=1S/C24H28F2N2O/c1-4-16-6-5-7-19-21(14-28-24(16)19)20(13-23(29)27-11-10-15(2)3)18-9-8-17(25)12-22(18)26/h5-9,12,14-15,20,28H,4,10-11,13H2,1-3H3,(H,27,29). The Morgan fingerprint density at radius 1 is 1.14 bits per heavy atom. The molecule has 0 saturated heterocycles. The van der Waals surface area contributed by atoms with E-state index >= 15 is 0 Å². The van der Waals surface area contributed by atoms with Crippen molar-refractivity contribution in [3.8, 4) is 0 Å². The number of benzene rings is 2. The molecule has 5 heteroatoms. The van der Waals surface area contributed by atoms with Crippen molar-refractivity contribution in [3.63, 3.8) is 0 Å². The molecule has 0 radical (unpaired) electrons. The minimum absolute atomic E-state index is 0.101. The second-order valence-electron chi connectivity index (χ2n) is 7.89. The summed E-state index contributed by atoms with van der Waals surface area (Å²) in [4.78, 5) is 15.9. The minimum Gasteiger partial charge on any atom is -0.361 e. The van der Waals surface area contributed by atoms with Crippen molar-refractivity contribution in [1.29, 1.82) is 0 Å². The molecule has 1 unspecified atom stereocenters. The predicted octanol–water partition coefficient (Wildman–Crippen LogP) is 5.69. The first-order valence-electron chi connectivity index (χ1n) is 10.2. The Hall–Kier alpha value is -2.69. The molecule has 0 spiro atoms. The SMILES string of the molecule is CCc1cccc2c(C(CC(=O)NCCC(C)C)c3ccc(F)cc3F)c[nH]c12. The fraction of sp³-hybridized carbons (Fsp3) is 0.375. The minimum atomic E-state index is -0.633. The molecule has 2 aromatic carbocycles. The van der Waals surface area contributed by atoms with E-state index in [1.54, 1.807) is 0 Å². The maximum atomic E-state index is 14.7. The number of aryl methyl sites for hydroxylation is 1. The summed E-state index contributed by atoms with van der Waals surface area (Å²) in [6.45, 7) is 6.86. The van der Waals surface area contributed by atoms with Gasteiger partial charge >= 0.3 is 0 Å². The first-order valence-corrected chi connectivity index (χ1v) is 10.2. The second kappa shape index (κ2) is 9.21. The molecule has 1 aromatic heterocycles. The maximum Gasteiger partial charge on any atom is 0.220 e. The lowest BCUT2D eigenvalue weighted by atomic mass is 9.87. The molecule has 0 fully saturated rings. The lowest BCUT2D eigenvalue weighted by Crippen LogP contribution is -2.27. The van der Waals surface area contributed by atoms with Crippen LogP contribution in [0.1, 0.15) is 56.2 Å². The maximum absolute atomic E-state index is 14.7. The summed E-state index contributed by atoms with van der Waals surface area (Å²) in [5, 5.41) is 3.90. The lowest BCUT2D eigenvalue weighted by Gasteiger charge is -2.18. The number of aromatic nitrogens is 1. The average molecular weight is 398 g/mol.